The molecule has 1 aliphatic heterocycles. The van der Waals surface area contributed by atoms with Crippen LogP contribution in [0.3, 0.4) is 0 Å². The SMILES string of the molecule is CCN(C[C@H]1CN(CCS(=O)(=O)CC)CCO1)c1cccnn1. The molecule has 0 unspecified atom stereocenters. The standard InChI is InChI=1S/C15H26N4O3S/c1-3-19(15-6-5-7-16-17-15)13-14-12-18(8-10-22-14)9-11-23(20,21)4-2/h5-7,14H,3-4,8-13H2,1-2H3/t14-/m1/s1. The third-order valence-corrected chi connectivity index (χ3v) is 5.75. The first-order valence-electron chi connectivity index (χ1n) is 8.11. The second kappa shape index (κ2) is 8.56. The fourth-order valence-corrected chi connectivity index (χ4v) is 3.42. The number of ether oxygens (including phenoxy) is 1. The van der Waals surface area contributed by atoms with Crippen LogP contribution in [0.4, 0.5) is 5.82 Å². The Balaban J connectivity index is 1.88. The normalized spacial score (nSPS) is 19.7. The van der Waals surface area contributed by atoms with Gasteiger partial charge in [-0.15, -0.1) is 5.10 Å². The van der Waals surface area contributed by atoms with Gasteiger partial charge in [-0.25, -0.2) is 8.42 Å². The molecule has 1 aliphatic rings. The monoisotopic (exact) mass is 342 g/mol. The molecule has 7 nitrogen and oxygen atoms in total. The van der Waals surface area contributed by atoms with E-state index in [1.807, 2.05) is 12.1 Å². The Hall–Kier alpha value is -1.25. The first kappa shape index (κ1) is 18.1. The molecule has 0 saturated carbocycles. The molecule has 1 fully saturated rings. The van der Waals surface area contributed by atoms with E-state index in [4.69, 9.17) is 4.74 Å². The number of rotatable bonds is 8. The molecule has 0 bridgehead atoms. The average Bonchev–Trinajstić information content (AvgIpc) is 2.59. The fourth-order valence-electron chi connectivity index (χ4n) is 2.60. The number of hydrogen-bond acceptors (Lipinski definition) is 7. The molecular weight excluding hydrogens is 316 g/mol. The van der Waals surface area contributed by atoms with Gasteiger partial charge < -0.3 is 9.64 Å². The number of anilines is 1. The molecule has 2 rings (SSSR count). The Morgan fingerprint density at radius 3 is 2.91 bits per heavy atom. The summed E-state index contributed by atoms with van der Waals surface area (Å²) in [6, 6.07) is 3.81. The number of sulfone groups is 1. The number of aromatic nitrogens is 2. The quantitative estimate of drug-likeness (QED) is 0.678. The van der Waals surface area contributed by atoms with Gasteiger partial charge in [-0.05, 0) is 19.1 Å². The Kier molecular flexibility index (Phi) is 6.73. The van der Waals surface area contributed by atoms with E-state index in [0.29, 0.717) is 13.2 Å². The lowest BCUT2D eigenvalue weighted by Gasteiger charge is -2.35. The van der Waals surface area contributed by atoms with Gasteiger partial charge in [0.15, 0.2) is 15.7 Å². The zero-order valence-corrected chi connectivity index (χ0v) is 14.7. The average molecular weight is 342 g/mol. The van der Waals surface area contributed by atoms with Gasteiger partial charge in [0.05, 0.1) is 18.5 Å². The molecule has 8 heteroatoms. The lowest BCUT2D eigenvalue weighted by molar-refractivity contribution is -0.0218. The maximum Gasteiger partial charge on any atom is 0.151 e. The van der Waals surface area contributed by atoms with Crippen molar-refractivity contribution in [2.24, 2.45) is 0 Å². The summed E-state index contributed by atoms with van der Waals surface area (Å²) in [5.74, 6) is 1.26. The van der Waals surface area contributed by atoms with Gasteiger partial charge in [-0.3, -0.25) is 4.90 Å². The van der Waals surface area contributed by atoms with Gasteiger partial charge in [0.2, 0.25) is 0 Å². The molecule has 23 heavy (non-hydrogen) atoms. The minimum Gasteiger partial charge on any atom is -0.374 e. The second-order valence-corrected chi connectivity index (χ2v) is 8.12. The zero-order chi connectivity index (χ0) is 16.7. The topological polar surface area (TPSA) is 75.6 Å². The summed E-state index contributed by atoms with van der Waals surface area (Å²) in [6.07, 6.45) is 1.71. The Labute approximate surface area is 138 Å². The smallest absolute Gasteiger partial charge is 0.151 e. The first-order valence-corrected chi connectivity index (χ1v) is 9.93. The number of morpholine rings is 1. The van der Waals surface area contributed by atoms with Crippen LogP contribution in [0.25, 0.3) is 0 Å². The Morgan fingerprint density at radius 2 is 2.26 bits per heavy atom. The summed E-state index contributed by atoms with van der Waals surface area (Å²) >= 11 is 0. The van der Waals surface area contributed by atoms with Gasteiger partial charge in [-0.1, -0.05) is 6.92 Å². The molecular formula is C15H26N4O3S. The van der Waals surface area contributed by atoms with Crippen LogP contribution in [0.2, 0.25) is 0 Å². The molecule has 130 valence electrons. The molecule has 0 amide bonds. The molecule has 0 radical (unpaired) electrons. The van der Waals surface area contributed by atoms with Crippen LogP contribution >= 0.6 is 0 Å². The lowest BCUT2D eigenvalue weighted by atomic mass is 10.2. The minimum absolute atomic E-state index is 0.0510. The van der Waals surface area contributed by atoms with E-state index in [2.05, 4.69) is 26.9 Å². The Bertz CT molecular complexity index is 567. The Morgan fingerprint density at radius 1 is 1.43 bits per heavy atom. The van der Waals surface area contributed by atoms with Gasteiger partial charge in [0.25, 0.3) is 0 Å². The largest absolute Gasteiger partial charge is 0.374 e. The lowest BCUT2D eigenvalue weighted by Crippen LogP contribution is -2.49. The van der Waals surface area contributed by atoms with Crippen LogP contribution in [0, 0.1) is 0 Å². The van der Waals surface area contributed by atoms with Crippen molar-refractivity contribution >= 4 is 15.7 Å². The third kappa shape index (κ3) is 5.71. The van der Waals surface area contributed by atoms with Crippen LogP contribution in [0.5, 0.6) is 0 Å². The fraction of sp³-hybridized carbons (Fsp3) is 0.733. The van der Waals surface area contributed by atoms with Crippen LogP contribution < -0.4 is 4.90 Å². The highest BCUT2D eigenvalue weighted by molar-refractivity contribution is 7.91. The van der Waals surface area contributed by atoms with Crippen LogP contribution in [0.15, 0.2) is 18.3 Å². The highest BCUT2D eigenvalue weighted by Gasteiger charge is 2.24. The van der Waals surface area contributed by atoms with E-state index >= 15 is 0 Å². The summed E-state index contributed by atoms with van der Waals surface area (Å²) in [5, 5.41) is 8.06. The molecule has 0 aromatic carbocycles. The molecule has 1 aromatic rings. The van der Waals surface area contributed by atoms with E-state index < -0.39 is 9.84 Å². The summed E-state index contributed by atoms with van der Waals surface area (Å²) in [6.45, 7) is 8.06. The number of likely N-dealkylation sites (N-methyl/N-ethyl adjacent to an activating group) is 1. The predicted octanol–water partition coefficient (Wildman–Crippen LogP) is 0.438. The molecule has 0 spiro atoms. The summed E-state index contributed by atoms with van der Waals surface area (Å²) in [7, 11) is -2.92. The van der Waals surface area contributed by atoms with Crippen LogP contribution in [-0.4, -0.2) is 80.5 Å². The van der Waals surface area contributed by atoms with Crippen molar-refractivity contribution in [1.82, 2.24) is 15.1 Å². The van der Waals surface area contributed by atoms with E-state index in [0.717, 1.165) is 32.0 Å². The van der Waals surface area contributed by atoms with E-state index in [1.165, 1.54) is 0 Å². The van der Waals surface area contributed by atoms with Gasteiger partial charge in [-0.2, -0.15) is 5.10 Å². The first-order chi connectivity index (χ1) is 11.0. The zero-order valence-electron chi connectivity index (χ0n) is 13.9. The van der Waals surface area contributed by atoms with E-state index in [9.17, 15) is 8.42 Å². The van der Waals surface area contributed by atoms with Crippen LogP contribution in [-0.2, 0) is 14.6 Å². The van der Waals surface area contributed by atoms with Crippen molar-refractivity contribution in [2.45, 2.75) is 20.0 Å². The molecule has 1 saturated heterocycles. The van der Waals surface area contributed by atoms with Crippen molar-refractivity contribution < 1.29 is 13.2 Å². The van der Waals surface area contributed by atoms with Crippen molar-refractivity contribution in [2.75, 3.05) is 55.7 Å². The van der Waals surface area contributed by atoms with Gasteiger partial charge >= 0.3 is 0 Å². The van der Waals surface area contributed by atoms with Crippen LogP contribution in [0.1, 0.15) is 13.8 Å². The number of hydrogen-bond donors (Lipinski definition) is 0. The molecule has 0 N–H and O–H groups in total. The van der Waals surface area contributed by atoms with Gasteiger partial charge in [0, 0.05) is 44.7 Å². The summed E-state index contributed by atoms with van der Waals surface area (Å²) < 4.78 is 29.1. The van der Waals surface area contributed by atoms with Gasteiger partial charge in [0.1, 0.15) is 0 Å². The second-order valence-electron chi connectivity index (χ2n) is 5.65. The third-order valence-electron chi connectivity index (χ3n) is 4.07. The molecule has 1 aromatic heterocycles. The maximum atomic E-state index is 11.7. The summed E-state index contributed by atoms with van der Waals surface area (Å²) in [5.41, 5.74) is 0. The summed E-state index contributed by atoms with van der Waals surface area (Å²) in [4.78, 5) is 4.30. The number of nitrogens with zero attached hydrogens (tertiary/aromatic N) is 4. The van der Waals surface area contributed by atoms with Crippen molar-refractivity contribution in [3.63, 3.8) is 0 Å². The maximum absolute atomic E-state index is 11.7. The molecule has 0 aliphatic carbocycles. The highest BCUT2D eigenvalue weighted by Crippen LogP contribution is 2.12. The molecule has 1 atom stereocenters. The van der Waals surface area contributed by atoms with Crippen molar-refractivity contribution in [3.8, 4) is 0 Å². The molecule has 2 heterocycles. The van der Waals surface area contributed by atoms with Crippen molar-refractivity contribution in [3.05, 3.63) is 18.3 Å². The van der Waals surface area contributed by atoms with Crippen molar-refractivity contribution in [1.29, 1.82) is 0 Å². The van der Waals surface area contributed by atoms with E-state index in [1.54, 1.807) is 13.1 Å². The predicted molar refractivity (Wildman–Crippen MR) is 90.4 cm³/mol. The van der Waals surface area contributed by atoms with E-state index in [-0.39, 0.29) is 17.6 Å². The highest BCUT2D eigenvalue weighted by atomic mass is 32.2. The minimum atomic E-state index is -2.92.